The Hall–Kier alpha value is -2.82. The molecule has 0 N–H and O–H groups in total. The number of esters is 1. The van der Waals surface area contributed by atoms with Crippen molar-refractivity contribution in [3.05, 3.63) is 64.6 Å². The summed E-state index contributed by atoms with van der Waals surface area (Å²) in [6.45, 7) is 2.97. The fourth-order valence-corrected chi connectivity index (χ4v) is 5.22. The molecule has 5 nitrogen and oxygen atoms in total. The number of nitrogens with zero attached hydrogens (tertiary/aromatic N) is 1. The van der Waals surface area contributed by atoms with Crippen molar-refractivity contribution in [3.63, 3.8) is 0 Å². The second-order valence-electron chi connectivity index (χ2n) is 9.64. The van der Waals surface area contributed by atoms with Crippen LogP contribution in [0, 0.1) is 5.92 Å². The van der Waals surface area contributed by atoms with Crippen molar-refractivity contribution in [3.8, 4) is 5.75 Å². The van der Waals surface area contributed by atoms with Gasteiger partial charge in [-0.15, -0.1) is 0 Å². The van der Waals surface area contributed by atoms with E-state index in [0.29, 0.717) is 11.5 Å². The number of oxazole rings is 1. The summed E-state index contributed by atoms with van der Waals surface area (Å²) in [7, 11) is 0. The number of unbranched alkanes of at least 4 members (excludes halogenated alkanes) is 5. The predicted molar refractivity (Wildman–Crippen MR) is 135 cm³/mol. The highest BCUT2D eigenvalue weighted by molar-refractivity contribution is 5.85. The van der Waals surface area contributed by atoms with Crippen molar-refractivity contribution in [2.24, 2.45) is 5.92 Å². The maximum Gasteiger partial charge on any atom is 0.419 e. The number of para-hydroxylation sites is 3. The third kappa shape index (κ3) is 5.99. The molecule has 4 rings (SSSR count). The van der Waals surface area contributed by atoms with Gasteiger partial charge in [0.15, 0.2) is 5.58 Å². The predicted octanol–water partition coefficient (Wildman–Crippen LogP) is 7.22. The molecule has 0 aliphatic carbocycles. The number of rotatable bonds is 14. The number of hydrogen-bond acceptors (Lipinski definition) is 4. The van der Waals surface area contributed by atoms with Gasteiger partial charge in [0.25, 0.3) is 0 Å². The standard InChI is InChI=1S/C29H37NO4/c1-2-3-13-22(20-21-30-25-17-10-12-19-27(25)34-29(30)32)14-7-5-4-6-8-16-24-23-15-9-11-18-26(23)33-28(24)31/h9-12,15,17-19,22,24H,2-8,13-14,16,20-21H2,1H3. The minimum Gasteiger partial charge on any atom is -0.426 e. The molecule has 0 saturated heterocycles. The smallest absolute Gasteiger partial charge is 0.419 e. The average Bonchev–Trinajstić information content (AvgIpc) is 3.34. The van der Waals surface area contributed by atoms with E-state index in [-0.39, 0.29) is 17.6 Å². The second-order valence-corrected chi connectivity index (χ2v) is 9.64. The Bertz CT molecular complexity index is 1130. The topological polar surface area (TPSA) is 61.4 Å². The molecule has 2 heterocycles. The Labute approximate surface area is 202 Å². The molecule has 2 unspecified atom stereocenters. The zero-order chi connectivity index (χ0) is 23.8. The highest BCUT2D eigenvalue weighted by atomic mass is 16.5. The Balaban J connectivity index is 1.17. The number of aryl methyl sites for hydroxylation is 1. The minimum atomic E-state index is -0.246. The molecule has 0 saturated carbocycles. The van der Waals surface area contributed by atoms with Crippen molar-refractivity contribution in [2.45, 2.75) is 90.0 Å². The Morgan fingerprint density at radius 2 is 1.59 bits per heavy atom. The monoisotopic (exact) mass is 463 g/mol. The van der Waals surface area contributed by atoms with Crippen LogP contribution < -0.4 is 10.5 Å². The fraction of sp³-hybridized carbons (Fsp3) is 0.517. The quantitative estimate of drug-likeness (QED) is 0.144. The molecular formula is C29H37NO4. The van der Waals surface area contributed by atoms with E-state index in [1.807, 2.05) is 48.5 Å². The molecule has 5 heteroatoms. The summed E-state index contributed by atoms with van der Waals surface area (Å²) >= 11 is 0. The van der Waals surface area contributed by atoms with Gasteiger partial charge in [0.2, 0.25) is 0 Å². The summed E-state index contributed by atoms with van der Waals surface area (Å²) in [6.07, 6.45) is 12.7. The zero-order valence-corrected chi connectivity index (χ0v) is 20.3. The van der Waals surface area contributed by atoms with Crippen molar-refractivity contribution in [1.29, 1.82) is 0 Å². The van der Waals surface area contributed by atoms with E-state index in [1.54, 1.807) is 4.57 Å². The molecular weight excluding hydrogens is 426 g/mol. The molecule has 1 aromatic heterocycles. The van der Waals surface area contributed by atoms with Gasteiger partial charge in [-0.2, -0.15) is 0 Å². The molecule has 1 aliphatic rings. The number of fused-ring (bicyclic) bond motifs is 2. The molecule has 1 aliphatic heterocycles. The van der Waals surface area contributed by atoms with E-state index in [0.717, 1.165) is 49.1 Å². The molecule has 0 fully saturated rings. The molecule has 34 heavy (non-hydrogen) atoms. The largest absolute Gasteiger partial charge is 0.426 e. The van der Waals surface area contributed by atoms with Crippen molar-refractivity contribution in [1.82, 2.24) is 4.57 Å². The van der Waals surface area contributed by atoms with E-state index in [4.69, 9.17) is 9.15 Å². The summed E-state index contributed by atoms with van der Waals surface area (Å²) in [4.78, 5) is 24.4. The van der Waals surface area contributed by atoms with Gasteiger partial charge in [-0.3, -0.25) is 9.36 Å². The highest BCUT2D eigenvalue weighted by Crippen LogP contribution is 2.37. The first-order chi connectivity index (χ1) is 16.7. The summed E-state index contributed by atoms with van der Waals surface area (Å²) in [5, 5.41) is 0. The Kier molecular flexibility index (Phi) is 8.62. The minimum absolute atomic E-state index is 0.0861. The molecule has 0 radical (unpaired) electrons. The Morgan fingerprint density at radius 1 is 0.853 bits per heavy atom. The van der Waals surface area contributed by atoms with Gasteiger partial charge in [0.05, 0.1) is 11.4 Å². The maximum absolute atomic E-state index is 12.3. The van der Waals surface area contributed by atoms with Gasteiger partial charge >= 0.3 is 11.7 Å². The summed E-state index contributed by atoms with van der Waals surface area (Å²) in [5.74, 6) is 0.956. The summed E-state index contributed by atoms with van der Waals surface area (Å²) in [6, 6.07) is 15.5. The van der Waals surface area contributed by atoms with Gasteiger partial charge in [-0.25, -0.2) is 4.79 Å². The number of aromatic nitrogens is 1. The van der Waals surface area contributed by atoms with Crippen LogP contribution in [0.1, 0.15) is 89.0 Å². The summed E-state index contributed by atoms with van der Waals surface area (Å²) < 4.78 is 12.6. The van der Waals surface area contributed by atoms with Gasteiger partial charge < -0.3 is 9.15 Å². The van der Waals surface area contributed by atoms with Crippen LogP contribution in [0.3, 0.4) is 0 Å². The van der Waals surface area contributed by atoms with Crippen LogP contribution in [0.5, 0.6) is 5.75 Å². The normalized spacial score (nSPS) is 16.0. The molecule has 0 amide bonds. The van der Waals surface area contributed by atoms with Crippen LogP contribution in [-0.4, -0.2) is 10.5 Å². The SMILES string of the molecule is CCCCC(CCCCCCCC1C(=O)Oc2ccccc21)CCn1c(=O)oc2ccccc21. The first-order valence-electron chi connectivity index (χ1n) is 13.1. The van der Waals surface area contributed by atoms with Crippen molar-refractivity contribution >= 4 is 17.1 Å². The van der Waals surface area contributed by atoms with Crippen LogP contribution in [0.25, 0.3) is 11.1 Å². The third-order valence-electron chi connectivity index (χ3n) is 7.20. The maximum atomic E-state index is 12.3. The van der Waals surface area contributed by atoms with Crippen LogP contribution in [0.15, 0.2) is 57.7 Å². The number of hydrogen-bond donors (Lipinski definition) is 0. The third-order valence-corrected chi connectivity index (χ3v) is 7.20. The zero-order valence-electron chi connectivity index (χ0n) is 20.3. The molecule has 2 aromatic carbocycles. The van der Waals surface area contributed by atoms with E-state index in [2.05, 4.69) is 6.92 Å². The van der Waals surface area contributed by atoms with E-state index < -0.39 is 0 Å². The fourth-order valence-electron chi connectivity index (χ4n) is 5.22. The molecule has 0 spiro atoms. The van der Waals surface area contributed by atoms with Crippen molar-refractivity contribution < 1.29 is 13.9 Å². The van der Waals surface area contributed by atoms with Gasteiger partial charge in [-0.1, -0.05) is 95.0 Å². The van der Waals surface area contributed by atoms with Crippen LogP contribution >= 0.6 is 0 Å². The second kappa shape index (κ2) is 12.0. The lowest BCUT2D eigenvalue weighted by Gasteiger charge is -2.17. The van der Waals surface area contributed by atoms with Crippen molar-refractivity contribution in [2.75, 3.05) is 0 Å². The number of carbonyl (C=O) groups is 1. The molecule has 0 bridgehead atoms. The molecule has 3 aromatic rings. The van der Waals surface area contributed by atoms with Gasteiger partial charge in [0.1, 0.15) is 5.75 Å². The average molecular weight is 464 g/mol. The molecule has 182 valence electrons. The van der Waals surface area contributed by atoms with Gasteiger partial charge in [-0.05, 0) is 37.0 Å². The lowest BCUT2D eigenvalue weighted by atomic mass is 9.91. The first-order valence-corrected chi connectivity index (χ1v) is 13.1. The lowest BCUT2D eigenvalue weighted by Crippen LogP contribution is -2.16. The van der Waals surface area contributed by atoms with Crippen LogP contribution in [0.4, 0.5) is 0 Å². The molecule has 2 atom stereocenters. The highest BCUT2D eigenvalue weighted by Gasteiger charge is 2.31. The van der Waals surface area contributed by atoms with E-state index in [9.17, 15) is 9.59 Å². The van der Waals surface area contributed by atoms with E-state index in [1.165, 1.54) is 44.9 Å². The van der Waals surface area contributed by atoms with E-state index >= 15 is 0 Å². The lowest BCUT2D eigenvalue weighted by molar-refractivity contribution is -0.134. The van der Waals surface area contributed by atoms with Crippen LogP contribution in [-0.2, 0) is 11.3 Å². The first kappa shape index (κ1) is 24.3. The Morgan fingerprint density at radius 3 is 2.47 bits per heavy atom. The number of carbonyl (C=O) groups excluding carboxylic acids is 1. The summed E-state index contributed by atoms with van der Waals surface area (Å²) in [5.41, 5.74) is 2.62. The van der Waals surface area contributed by atoms with Gasteiger partial charge in [0, 0.05) is 12.1 Å². The number of ether oxygens (including phenoxy) is 1. The number of benzene rings is 2. The van der Waals surface area contributed by atoms with Crippen LogP contribution in [0.2, 0.25) is 0 Å².